The van der Waals surface area contributed by atoms with Gasteiger partial charge in [0.1, 0.15) is 10.9 Å². The van der Waals surface area contributed by atoms with Crippen LogP contribution in [0, 0.1) is 0 Å². The van der Waals surface area contributed by atoms with Gasteiger partial charge in [0.05, 0.1) is 24.3 Å². The largest absolute Gasteiger partial charge is 0.493 e. The summed E-state index contributed by atoms with van der Waals surface area (Å²) in [6.07, 6.45) is 1.55. The van der Waals surface area contributed by atoms with Crippen molar-refractivity contribution in [3.05, 3.63) is 154 Å². The Morgan fingerprint density at radius 2 is 1.39 bits per heavy atom. The highest BCUT2D eigenvalue weighted by Crippen LogP contribution is 2.38. The average Bonchev–Trinajstić information content (AvgIpc) is 3.12. The average molecular weight is 713 g/mol. The second-order valence-electron chi connectivity index (χ2n) is 10.5. The SMILES string of the molecule is COc1ccc(/C=C(/NC(=O)c2ccccc2)C(=O)Nc2cccc(SC(C(=O)Nc3ccc(Cl)c(Cl)c3)c3ccccc3)c2)cc1OC. The van der Waals surface area contributed by atoms with E-state index in [0.717, 1.165) is 10.5 Å². The van der Waals surface area contributed by atoms with Gasteiger partial charge in [-0.2, -0.15) is 0 Å². The van der Waals surface area contributed by atoms with Gasteiger partial charge in [-0.05, 0) is 77.9 Å². The van der Waals surface area contributed by atoms with Gasteiger partial charge in [0.15, 0.2) is 11.5 Å². The van der Waals surface area contributed by atoms with E-state index in [1.165, 1.54) is 26.0 Å². The monoisotopic (exact) mass is 711 g/mol. The maximum atomic E-state index is 13.7. The minimum absolute atomic E-state index is 0.00212. The van der Waals surface area contributed by atoms with Crippen LogP contribution in [0.25, 0.3) is 6.08 Å². The fourth-order valence-electron chi connectivity index (χ4n) is 4.72. The van der Waals surface area contributed by atoms with Crippen LogP contribution in [-0.4, -0.2) is 31.9 Å². The molecule has 11 heteroatoms. The van der Waals surface area contributed by atoms with Crippen LogP contribution in [0.4, 0.5) is 11.4 Å². The van der Waals surface area contributed by atoms with E-state index in [-0.39, 0.29) is 11.6 Å². The lowest BCUT2D eigenvalue weighted by atomic mass is 10.1. The Morgan fingerprint density at radius 3 is 2.08 bits per heavy atom. The predicted molar refractivity (Wildman–Crippen MR) is 197 cm³/mol. The van der Waals surface area contributed by atoms with Gasteiger partial charge in [0, 0.05) is 21.8 Å². The second kappa shape index (κ2) is 16.7. The Labute approximate surface area is 298 Å². The first kappa shape index (κ1) is 35.1. The normalized spacial score (nSPS) is 11.6. The van der Waals surface area contributed by atoms with Gasteiger partial charge in [0.25, 0.3) is 11.8 Å². The molecule has 0 aliphatic carbocycles. The highest BCUT2D eigenvalue weighted by Gasteiger charge is 2.23. The molecule has 1 atom stereocenters. The summed E-state index contributed by atoms with van der Waals surface area (Å²) in [4.78, 5) is 41.2. The zero-order valence-corrected chi connectivity index (χ0v) is 28.7. The lowest BCUT2D eigenvalue weighted by molar-refractivity contribution is -0.116. The molecule has 0 fully saturated rings. The zero-order valence-electron chi connectivity index (χ0n) is 26.4. The molecule has 5 aromatic rings. The van der Waals surface area contributed by atoms with Crippen molar-refractivity contribution in [1.29, 1.82) is 0 Å². The molecular weight excluding hydrogens is 681 g/mol. The number of anilines is 2. The molecule has 0 aliphatic rings. The van der Waals surface area contributed by atoms with Crippen LogP contribution in [0.2, 0.25) is 10.0 Å². The quantitative estimate of drug-likeness (QED) is 0.0882. The van der Waals surface area contributed by atoms with Crippen molar-refractivity contribution in [3.8, 4) is 11.5 Å². The summed E-state index contributed by atoms with van der Waals surface area (Å²) in [6, 6.07) is 35.1. The molecule has 0 heterocycles. The van der Waals surface area contributed by atoms with Crippen LogP contribution >= 0.6 is 35.0 Å². The van der Waals surface area contributed by atoms with E-state index in [0.29, 0.717) is 44.0 Å². The van der Waals surface area contributed by atoms with Crippen LogP contribution < -0.4 is 25.4 Å². The number of benzene rings is 5. The molecule has 0 saturated heterocycles. The fourth-order valence-corrected chi connectivity index (χ4v) is 6.10. The maximum absolute atomic E-state index is 13.7. The summed E-state index contributed by atoms with van der Waals surface area (Å²) >= 11 is 13.5. The number of halogens is 2. The van der Waals surface area contributed by atoms with Crippen LogP contribution in [0.3, 0.4) is 0 Å². The molecule has 248 valence electrons. The number of hydrogen-bond acceptors (Lipinski definition) is 6. The van der Waals surface area contributed by atoms with E-state index < -0.39 is 17.1 Å². The van der Waals surface area contributed by atoms with Gasteiger partial charge in [-0.25, -0.2) is 0 Å². The number of carbonyl (C=O) groups is 3. The molecule has 5 rings (SSSR count). The van der Waals surface area contributed by atoms with E-state index >= 15 is 0 Å². The number of methoxy groups -OCH3 is 2. The lowest BCUT2D eigenvalue weighted by Crippen LogP contribution is -2.30. The van der Waals surface area contributed by atoms with Crippen molar-refractivity contribution in [2.45, 2.75) is 10.1 Å². The van der Waals surface area contributed by atoms with Gasteiger partial charge >= 0.3 is 0 Å². The molecule has 0 saturated carbocycles. The molecule has 0 aromatic heterocycles. The summed E-state index contributed by atoms with van der Waals surface area (Å²) in [5.41, 5.74) is 2.73. The van der Waals surface area contributed by atoms with Crippen LogP contribution in [0.15, 0.2) is 132 Å². The molecule has 8 nitrogen and oxygen atoms in total. The third-order valence-electron chi connectivity index (χ3n) is 7.12. The van der Waals surface area contributed by atoms with Gasteiger partial charge in [0.2, 0.25) is 5.91 Å². The highest BCUT2D eigenvalue weighted by molar-refractivity contribution is 8.00. The Hall–Kier alpha value is -5.22. The highest BCUT2D eigenvalue weighted by atomic mass is 35.5. The van der Waals surface area contributed by atoms with E-state index in [1.54, 1.807) is 91.0 Å². The van der Waals surface area contributed by atoms with Crippen molar-refractivity contribution in [2.75, 3.05) is 24.9 Å². The molecule has 3 amide bonds. The van der Waals surface area contributed by atoms with Crippen LogP contribution in [0.1, 0.15) is 26.7 Å². The minimum atomic E-state index is -0.646. The number of rotatable bonds is 12. The van der Waals surface area contributed by atoms with Crippen LogP contribution in [-0.2, 0) is 9.59 Å². The Balaban J connectivity index is 1.40. The van der Waals surface area contributed by atoms with Crippen molar-refractivity contribution in [2.24, 2.45) is 0 Å². The summed E-state index contributed by atoms with van der Waals surface area (Å²) in [7, 11) is 3.04. The number of nitrogens with one attached hydrogen (secondary N) is 3. The molecule has 0 aliphatic heterocycles. The van der Waals surface area contributed by atoms with Gasteiger partial charge < -0.3 is 25.4 Å². The van der Waals surface area contributed by atoms with Crippen molar-refractivity contribution >= 4 is 70.1 Å². The summed E-state index contributed by atoms with van der Waals surface area (Å²) in [6.45, 7) is 0. The predicted octanol–water partition coefficient (Wildman–Crippen LogP) is 8.89. The molecule has 0 bridgehead atoms. The first-order valence-corrected chi connectivity index (χ1v) is 16.6. The summed E-state index contributed by atoms with van der Waals surface area (Å²) in [5, 5.41) is 8.62. The number of amides is 3. The van der Waals surface area contributed by atoms with Crippen molar-refractivity contribution < 1.29 is 23.9 Å². The first-order chi connectivity index (χ1) is 23.7. The first-order valence-electron chi connectivity index (χ1n) is 14.9. The molecule has 5 aromatic carbocycles. The lowest BCUT2D eigenvalue weighted by Gasteiger charge is -2.18. The second-order valence-corrected chi connectivity index (χ2v) is 12.5. The summed E-state index contributed by atoms with van der Waals surface area (Å²) < 4.78 is 10.8. The molecule has 0 spiro atoms. The maximum Gasteiger partial charge on any atom is 0.272 e. The number of carbonyl (C=O) groups excluding carboxylic acids is 3. The Kier molecular flexibility index (Phi) is 12.0. The van der Waals surface area contributed by atoms with Crippen LogP contribution in [0.5, 0.6) is 11.5 Å². The number of ether oxygens (including phenoxy) is 2. The van der Waals surface area contributed by atoms with E-state index in [9.17, 15) is 14.4 Å². The molecular formula is C38H31Cl2N3O5S. The topological polar surface area (TPSA) is 106 Å². The standard InChI is InChI=1S/C38H31Cl2N3O5S/c1-47-33-19-16-24(21-34(33)48-2)20-32(43-36(44)26-12-7-4-8-13-26)37(45)41-27-14-9-15-29(22-27)49-35(25-10-5-3-6-11-25)38(46)42-28-17-18-30(39)31(40)23-28/h3-23,35H,1-2H3,(H,41,45)(H,42,46)(H,43,44)/b32-20+. The Morgan fingerprint density at radius 1 is 0.694 bits per heavy atom. The fraction of sp³-hybridized carbons (Fsp3) is 0.0789. The smallest absolute Gasteiger partial charge is 0.272 e. The van der Waals surface area contributed by atoms with E-state index in [2.05, 4.69) is 16.0 Å². The number of hydrogen-bond donors (Lipinski definition) is 3. The Bertz CT molecular complexity index is 1990. The molecule has 0 radical (unpaired) electrons. The zero-order chi connectivity index (χ0) is 34.8. The molecule has 1 unspecified atom stereocenters. The third kappa shape index (κ3) is 9.45. The van der Waals surface area contributed by atoms with E-state index in [4.69, 9.17) is 32.7 Å². The summed E-state index contributed by atoms with van der Waals surface area (Å²) in [5.74, 6) is -0.296. The van der Waals surface area contributed by atoms with Crippen molar-refractivity contribution in [1.82, 2.24) is 5.32 Å². The van der Waals surface area contributed by atoms with Gasteiger partial charge in [-0.15, -0.1) is 11.8 Å². The minimum Gasteiger partial charge on any atom is -0.493 e. The van der Waals surface area contributed by atoms with Gasteiger partial charge in [-0.1, -0.05) is 83.9 Å². The van der Waals surface area contributed by atoms with E-state index in [1.807, 2.05) is 36.4 Å². The number of thioether (sulfide) groups is 1. The van der Waals surface area contributed by atoms with Gasteiger partial charge in [-0.3, -0.25) is 14.4 Å². The van der Waals surface area contributed by atoms with Crippen molar-refractivity contribution in [3.63, 3.8) is 0 Å². The third-order valence-corrected chi connectivity index (χ3v) is 9.11. The molecule has 3 N–H and O–H groups in total. The molecule has 49 heavy (non-hydrogen) atoms.